The minimum atomic E-state index is -1.16. The Morgan fingerprint density at radius 1 is 0.471 bits per heavy atom. The Morgan fingerprint density at radius 2 is 0.735 bits per heavy atom. The molecule has 0 saturated heterocycles. The van der Waals surface area contributed by atoms with Gasteiger partial charge in [0.15, 0.2) is 0 Å². The van der Waals surface area contributed by atoms with Crippen LogP contribution < -0.4 is 9.05 Å². The number of aryl methyl sites for hydroxylation is 2. The second-order valence-electron chi connectivity index (χ2n) is 13.9. The summed E-state index contributed by atoms with van der Waals surface area (Å²) in [5, 5.41) is 0. The Hall–Kier alpha value is -1.53. The van der Waals surface area contributed by atoms with Crippen LogP contribution in [0.25, 0.3) is 0 Å². The SMILES string of the molecule is Cc1cc(OP(C)Oc2cc(C)c(C(C)(C)C)cc2C(C)(C)C)c(C(C)(C)C)cc1C(C)(C)C. The van der Waals surface area contributed by atoms with E-state index in [-0.39, 0.29) is 21.7 Å². The van der Waals surface area contributed by atoms with Gasteiger partial charge >= 0.3 is 0 Å². The van der Waals surface area contributed by atoms with E-state index >= 15 is 0 Å². The van der Waals surface area contributed by atoms with E-state index in [4.69, 9.17) is 9.05 Å². The van der Waals surface area contributed by atoms with Gasteiger partial charge in [0, 0.05) is 17.8 Å². The molecule has 2 aromatic rings. The van der Waals surface area contributed by atoms with Crippen LogP contribution in [-0.2, 0) is 21.7 Å². The first-order valence-corrected chi connectivity index (χ1v) is 14.2. The van der Waals surface area contributed by atoms with Crippen LogP contribution in [-0.4, -0.2) is 6.66 Å². The number of hydrogen-bond acceptors (Lipinski definition) is 2. The van der Waals surface area contributed by atoms with Gasteiger partial charge in [-0.05, 0) is 69.9 Å². The molecule has 190 valence electrons. The van der Waals surface area contributed by atoms with Crippen molar-refractivity contribution in [2.45, 2.75) is 119 Å². The predicted octanol–water partition coefficient (Wildman–Crippen LogP) is 9.89. The second-order valence-corrected chi connectivity index (χ2v) is 15.2. The molecule has 0 heterocycles. The lowest BCUT2D eigenvalue weighted by Gasteiger charge is -2.31. The molecule has 0 unspecified atom stereocenters. The minimum Gasteiger partial charge on any atom is -0.438 e. The lowest BCUT2D eigenvalue weighted by molar-refractivity contribution is 0.462. The molecule has 0 spiro atoms. The Balaban J connectivity index is 2.50. The van der Waals surface area contributed by atoms with Gasteiger partial charge in [0.2, 0.25) is 0 Å². The standard InChI is InChI=1S/C31H49O2P/c1-20-16-26(24(30(9,10)11)18-22(20)28(3,4)5)32-34(15)33-27-17-21(2)23(29(6,7)8)19-25(27)31(12,13)14/h16-19H,1-15H3. The second kappa shape index (κ2) is 9.50. The van der Waals surface area contributed by atoms with Gasteiger partial charge < -0.3 is 9.05 Å². The molecule has 34 heavy (non-hydrogen) atoms. The van der Waals surface area contributed by atoms with Crippen molar-refractivity contribution in [3.63, 3.8) is 0 Å². The van der Waals surface area contributed by atoms with E-state index in [0.717, 1.165) is 11.5 Å². The van der Waals surface area contributed by atoms with E-state index in [1.165, 1.54) is 33.4 Å². The molecule has 0 radical (unpaired) electrons. The van der Waals surface area contributed by atoms with Crippen LogP contribution in [0.15, 0.2) is 24.3 Å². The maximum Gasteiger partial charge on any atom is 0.286 e. The Labute approximate surface area is 211 Å². The molecule has 0 aliphatic rings. The summed E-state index contributed by atoms with van der Waals surface area (Å²) in [6.45, 7) is 33.6. The third-order valence-electron chi connectivity index (χ3n) is 6.34. The van der Waals surface area contributed by atoms with Gasteiger partial charge in [0.1, 0.15) is 11.5 Å². The van der Waals surface area contributed by atoms with Gasteiger partial charge in [-0.1, -0.05) is 95.2 Å². The lowest BCUT2D eigenvalue weighted by atomic mass is 9.78. The molecule has 0 fully saturated rings. The summed E-state index contributed by atoms with van der Waals surface area (Å²) in [7, 11) is -1.16. The molecule has 0 bridgehead atoms. The first-order valence-electron chi connectivity index (χ1n) is 12.5. The maximum absolute atomic E-state index is 6.57. The Kier molecular flexibility index (Phi) is 8.02. The summed E-state index contributed by atoms with van der Waals surface area (Å²) in [6, 6.07) is 9.11. The largest absolute Gasteiger partial charge is 0.438 e. The quantitative estimate of drug-likeness (QED) is 0.402. The maximum atomic E-state index is 6.57. The van der Waals surface area contributed by atoms with Crippen molar-refractivity contribution in [1.82, 2.24) is 0 Å². The Bertz CT molecular complexity index is 938. The summed E-state index contributed by atoms with van der Waals surface area (Å²) in [6.07, 6.45) is 0. The van der Waals surface area contributed by atoms with Crippen molar-refractivity contribution < 1.29 is 9.05 Å². The molecule has 3 heteroatoms. The topological polar surface area (TPSA) is 18.5 Å². The monoisotopic (exact) mass is 484 g/mol. The van der Waals surface area contributed by atoms with E-state index in [9.17, 15) is 0 Å². The first kappa shape index (κ1) is 28.7. The fourth-order valence-electron chi connectivity index (χ4n) is 4.60. The predicted molar refractivity (Wildman–Crippen MR) is 151 cm³/mol. The smallest absolute Gasteiger partial charge is 0.286 e. The molecule has 0 aliphatic carbocycles. The van der Waals surface area contributed by atoms with Crippen LogP contribution in [0.3, 0.4) is 0 Å². The normalized spacial score (nSPS) is 13.4. The van der Waals surface area contributed by atoms with Crippen LogP contribution >= 0.6 is 8.38 Å². The van der Waals surface area contributed by atoms with Crippen molar-refractivity contribution in [2.75, 3.05) is 6.66 Å². The van der Waals surface area contributed by atoms with Crippen LogP contribution in [0.5, 0.6) is 11.5 Å². The summed E-state index contributed by atoms with van der Waals surface area (Å²) in [5.41, 5.74) is 7.85. The van der Waals surface area contributed by atoms with Gasteiger partial charge in [0.25, 0.3) is 8.38 Å². The van der Waals surface area contributed by atoms with Gasteiger partial charge in [0.05, 0.1) is 0 Å². The van der Waals surface area contributed by atoms with Crippen LogP contribution in [0.2, 0.25) is 0 Å². The van der Waals surface area contributed by atoms with Crippen molar-refractivity contribution in [3.05, 3.63) is 57.6 Å². The fourth-order valence-corrected chi connectivity index (χ4v) is 5.49. The van der Waals surface area contributed by atoms with Gasteiger partial charge in [-0.15, -0.1) is 0 Å². The highest BCUT2D eigenvalue weighted by molar-refractivity contribution is 7.47. The fraction of sp³-hybridized carbons (Fsp3) is 0.613. The summed E-state index contributed by atoms with van der Waals surface area (Å²) >= 11 is 0. The number of benzene rings is 2. The molecule has 2 rings (SSSR count). The third kappa shape index (κ3) is 6.78. The van der Waals surface area contributed by atoms with Gasteiger partial charge in [-0.3, -0.25) is 0 Å². The van der Waals surface area contributed by atoms with Crippen LogP contribution in [0.4, 0.5) is 0 Å². The zero-order valence-corrected chi connectivity index (χ0v) is 25.5. The number of hydrogen-bond donors (Lipinski definition) is 0. The zero-order valence-electron chi connectivity index (χ0n) is 24.6. The average Bonchev–Trinajstić information content (AvgIpc) is 2.57. The van der Waals surface area contributed by atoms with Crippen molar-refractivity contribution in [3.8, 4) is 11.5 Å². The van der Waals surface area contributed by atoms with E-state index < -0.39 is 8.38 Å². The van der Waals surface area contributed by atoms with Crippen molar-refractivity contribution in [2.24, 2.45) is 0 Å². The molecular weight excluding hydrogens is 435 g/mol. The lowest BCUT2D eigenvalue weighted by Crippen LogP contribution is -2.19. The molecule has 0 N–H and O–H groups in total. The summed E-state index contributed by atoms with van der Waals surface area (Å²) in [5.74, 6) is 1.87. The molecule has 0 aliphatic heterocycles. The van der Waals surface area contributed by atoms with Crippen molar-refractivity contribution in [1.29, 1.82) is 0 Å². The highest BCUT2D eigenvalue weighted by atomic mass is 31.2. The van der Waals surface area contributed by atoms with E-state index in [2.05, 4.69) is 128 Å². The van der Waals surface area contributed by atoms with Gasteiger partial charge in [-0.2, -0.15) is 0 Å². The summed E-state index contributed by atoms with van der Waals surface area (Å²) in [4.78, 5) is 0. The molecule has 0 atom stereocenters. The van der Waals surface area contributed by atoms with Crippen LogP contribution in [0, 0.1) is 13.8 Å². The molecule has 2 nitrogen and oxygen atoms in total. The first-order chi connectivity index (χ1) is 15.1. The van der Waals surface area contributed by atoms with E-state index in [1.807, 2.05) is 0 Å². The van der Waals surface area contributed by atoms with Gasteiger partial charge in [-0.25, -0.2) is 0 Å². The zero-order chi connectivity index (χ0) is 26.4. The molecule has 0 aromatic heterocycles. The molecule has 0 amide bonds. The van der Waals surface area contributed by atoms with Crippen LogP contribution in [0.1, 0.15) is 116 Å². The highest BCUT2D eigenvalue weighted by Gasteiger charge is 2.28. The third-order valence-corrected chi connectivity index (χ3v) is 7.25. The van der Waals surface area contributed by atoms with E-state index in [1.54, 1.807) is 0 Å². The number of rotatable bonds is 4. The van der Waals surface area contributed by atoms with E-state index in [0.29, 0.717) is 0 Å². The minimum absolute atomic E-state index is 0.0271. The van der Waals surface area contributed by atoms with Crippen molar-refractivity contribution >= 4 is 8.38 Å². The molecule has 0 saturated carbocycles. The molecule has 2 aromatic carbocycles. The highest BCUT2D eigenvalue weighted by Crippen LogP contribution is 2.46. The average molecular weight is 485 g/mol. The Morgan fingerprint density at radius 3 is 0.971 bits per heavy atom. The summed E-state index contributed by atoms with van der Waals surface area (Å²) < 4.78 is 13.1. The molecular formula is C31H49O2P.